The van der Waals surface area contributed by atoms with Crippen molar-refractivity contribution in [3.63, 3.8) is 0 Å². The second-order valence-electron chi connectivity index (χ2n) is 5.36. The van der Waals surface area contributed by atoms with Crippen LogP contribution in [0.4, 0.5) is 8.78 Å². The summed E-state index contributed by atoms with van der Waals surface area (Å²) in [6, 6.07) is 4.63. The third-order valence-electron chi connectivity index (χ3n) is 3.66. The number of sulfonamides is 1. The minimum atomic E-state index is -3.84. The summed E-state index contributed by atoms with van der Waals surface area (Å²) in [7, 11) is -3.84. The number of benzene rings is 1. The molecule has 0 unspecified atom stereocenters. The summed E-state index contributed by atoms with van der Waals surface area (Å²) in [5, 5.41) is 18.1. The van der Waals surface area contributed by atoms with E-state index in [-0.39, 0.29) is 35.8 Å². The van der Waals surface area contributed by atoms with Gasteiger partial charge in [0, 0.05) is 6.54 Å². The number of halogens is 2. The molecule has 1 aliphatic carbocycles. The van der Waals surface area contributed by atoms with Gasteiger partial charge in [-0.05, 0) is 43.0 Å². The molecular weight excluding hydrogens is 320 g/mol. The van der Waals surface area contributed by atoms with Crippen molar-refractivity contribution < 1.29 is 32.2 Å². The number of hydrogen-bond acceptors (Lipinski definition) is 4. The molecule has 9 heteroatoms. The number of carboxylic acid groups (broad SMARTS) is 1. The zero-order chi connectivity index (χ0) is 16.5. The first-order valence-electron chi connectivity index (χ1n) is 6.47. The average Bonchev–Trinajstić information content (AvgIpc) is 2.42. The molecule has 3 N–H and O–H groups in total. The maximum atomic E-state index is 12.4. The van der Waals surface area contributed by atoms with Gasteiger partial charge in [0.2, 0.25) is 10.0 Å². The molecule has 2 rings (SSSR count). The highest BCUT2D eigenvalue weighted by Crippen LogP contribution is 2.41. The first-order valence-corrected chi connectivity index (χ1v) is 7.96. The predicted molar refractivity (Wildman–Crippen MR) is 72.3 cm³/mol. The van der Waals surface area contributed by atoms with E-state index in [4.69, 9.17) is 5.11 Å². The minimum absolute atomic E-state index is 0.0417. The van der Waals surface area contributed by atoms with Crippen molar-refractivity contribution in [2.24, 2.45) is 5.92 Å². The number of carbonyl (C=O) groups is 1. The molecule has 0 atom stereocenters. The maximum absolute atomic E-state index is 12.4. The number of alkyl halides is 2. The summed E-state index contributed by atoms with van der Waals surface area (Å²) < 4.78 is 51.1. The highest BCUT2D eigenvalue weighted by Gasteiger charge is 2.49. The quantitative estimate of drug-likeness (QED) is 0.721. The van der Waals surface area contributed by atoms with Gasteiger partial charge < -0.3 is 10.2 Å². The van der Waals surface area contributed by atoms with E-state index < -0.39 is 28.0 Å². The lowest BCUT2D eigenvalue weighted by atomic mass is 9.71. The fraction of sp³-hybridized carbons (Fsp3) is 0.462. The SMILES string of the molecule is O=C(O)c1ccc(S(=O)(=O)NCC2CC(O)(C(F)F)C2)cc1. The third kappa shape index (κ3) is 3.42. The van der Waals surface area contributed by atoms with Crippen LogP contribution in [0.5, 0.6) is 0 Å². The summed E-state index contributed by atoms with van der Waals surface area (Å²) >= 11 is 0. The molecule has 0 aliphatic heterocycles. The largest absolute Gasteiger partial charge is 0.478 e. The van der Waals surface area contributed by atoms with E-state index in [1.54, 1.807) is 0 Å². The van der Waals surface area contributed by atoms with Gasteiger partial charge in [-0.3, -0.25) is 0 Å². The van der Waals surface area contributed by atoms with Crippen LogP contribution in [-0.2, 0) is 10.0 Å². The Balaban J connectivity index is 1.94. The first kappa shape index (κ1) is 16.8. The number of hydrogen-bond donors (Lipinski definition) is 3. The molecule has 122 valence electrons. The fourth-order valence-electron chi connectivity index (χ4n) is 2.35. The Bertz CT molecular complexity index is 654. The lowest BCUT2D eigenvalue weighted by Gasteiger charge is -2.42. The second-order valence-corrected chi connectivity index (χ2v) is 7.13. The molecule has 1 fully saturated rings. The molecule has 1 aromatic carbocycles. The van der Waals surface area contributed by atoms with E-state index in [2.05, 4.69) is 4.72 Å². The molecule has 6 nitrogen and oxygen atoms in total. The zero-order valence-electron chi connectivity index (χ0n) is 11.4. The van der Waals surface area contributed by atoms with E-state index in [1.165, 1.54) is 0 Å². The maximum Gasteiger partial charge on any atom is 0.335 e. The lowest BCUT2D eigenvalue weighted by molar-refractivity contribution is -0.166. The van der Waals surface area contributed by atoms with Crippen LogP contribution in [0.2, 0.25) is 0 Å². The Labute approximate surface area is 125 Å². The van der Waals surface area contributed by atoms with Gasteiger partial charge in [-0.2, -0.15) is 0 Å². The van der Waals surface area contributed by atoms with Crippen molar-refractivity contribution in [3.05, 3.63) is 29.8 Å². The van der Waals surface area contributed by atoms with Gasteiger partial charge in [0.15, 0.2) is 0 Å². The number of rotatable bonds is 6. The van der Waals surface area contributed by atoms with Gasteiger partial charge in [-0.25, -0.2) is 26.7 Å². The van der Waals surface area contributed by atoms with Gasteiger partial charge >= 0.3 is 5.97 Å². The van der Waals surface area contributed by atoms with Crippen LogP contribution in [0, 0.1) is 5.92 Å². The Hall–Kier alpha value is -1.58. The molecule has 0 heterocycles. The smallest absolute Gasteiger partial charge is 0.335 e. The Morgan fingerprint density at radius 3 is 2.32 bits per heavy atom. The third-order valence-corrected chi connectivity index (χ3v) is 5.10. The van der Waals surface area contributed by atoms with Crippen molar-refractivity contribution in [1.82, 2.24) is 4.72 Å². The van der Waals surface area contributed by atoms with Crippen LogP contribution in [0.3, 0.4) is 0 Å². The molecule has 1 aliphatic rings. The summed E-state index contributed by atoms with van der Waals surface area (Å²) in [6.45, 7) is -0.0575. The summed E-state index contributed by atoms with van der Waals surface area (Å²) in [5.74, 6) is -1.52. The molecule has 0 saturated heterocycles. The van der Waals surface area contributed by atoms with Crippen LogP contribution in [0.15, 0.2) is 29.2 Å². The zero-order valence-corrected chi connectivity index (χ0v) is 12.2. The van der Waals surface area contributed by atoms with Crippen molar-refractivity contribution in [2.45, 2.75) is 29.8 Å². The van der Waals surface area contributed by atoms with Crippen molar-refractivity contribution >= 4 is 16.0 Å². The van der Waals surface area contributed by atoms with Crippen LogP contribution >= 0.6 is 0 Å². The van der Waals surface area contributed by atoms with Gasteiger partial charge in [-0.1, -0.05) is 0 Å². The van der Waals surface area contributed by atoms with E-state index in [9.17, 15) is 27.1 Å². The molecular formula is C13H15F2NO5S. The normalized spacial score (nSPS) is 25.0. The van der Waals surface area contributed by atoms with Gasteiger partial charge in [0.05, 0.1) is 10.5 Å². The second kappa shape index (κ2) is 5.90. The van der Waals surface area contributed by atoms with E-state index in [1.807, 2.05) is 0 Å². The number of aliphatic hydroxyl groups is 1. The van der Waals surface area contributed by atoms with E-state index in [0.29, 0.717) is 0 Å². The van der Waals surface area contributed by atoms with Gasteiger partial charge in [0.1, 0.15) is 5.60 Å². The van der Waals surface area contributed by atoms with E-state index in [0.717, 1.165) is 24.3 Å². The van der Waals surface area contributed by atoms with Crippen LogP contribution < -0.4 is 4.72 Å². The van der Waals surface area contributed by atoms with Crippen LogP contribution in [-0.4, -0.2) is 43.2 Å². The monoisotopic (exact) mass is 335 g/mol. The minimum Gasteiger partial charge on any atom is -0.478 e. The molecule has 22 heavy (non-hydrogen) atoms. The van der Waals surface area contributed by atoms with Crippen molar-refractivity contribution in [2.75, 3.05) is 6.54 Å². The number of aromatic carboxylic acids is 1. The molecule has 0 spiro atoms. The summed E-state index contributed by atoms with van der Waals surface area (Å²) in [4.78, 5) is 10.6. The van der Waals surface area contributed by atoms with Gasteiger partial charge in [0.25, 0.3) is 6.43 Å². The lowest BCUT2D eigenvalue weighted by Crippen LogP contribution is -2.52. The number of nitrogens with one attached hydrogen (secondary N) is 1. The fourth-order valence-corrected chi connectivity index (χ4v) is 3.47. The van der Waals surface area contributed by atoms with Gasteiger partial charge in [-0.15, -0.1) is 0 Å². The van der Waals surface area contributed by atoms with Crippen molar-refractivity contribution in [3.8, 4) is 0 Å². The van der Waals surface area contributed by atoms with Crippen molar-refractivity contribution in [1.29, 1.82) is 0 Å². The molecule has 0 aromatic heterocycles. The molecule has 0 amide bonds. The predicted octanol–water partition coefficient (Wildman–Crippen LogP) is 1.07. The molecule has 1 saturated carbocycles. The van der Waals surface area contributed by atoms with E-state index >= 15 is 0 Å². The Morgan fingerprint density at radius 2 is 1.86 bits per heavy atom. The average molecular weight is 335 g/mol. The first-order chi connectivity index (χ1) is 10.1. The summed E-state index contributed by atoms with van der Waals surface area (Å²) in [6.07, 6.45) is -3.17. The van der Waals surface area contributed by atoms with Crippen LogP contribution in [0.1, 0.15) is 23.2 Å². The summed E-state index contributed by atoms with van der Waals surface area (Å²) in [5.41, 5.74) is -2.06. The molecule has 0 bridgehead atoms. The number of carboxylic acids is 1. The standard InChI is InChI=1S/C13H15F2NO5S/c14-12(15)13(19)5-8(6-13)7-16-22(20,21)10-3-1-9(2-4-10)11(17)18/h1-4,8,12,16,19H,5-7H2,(H,17,18). The van der Waals surface area contributed by atoms with Crippen LogP contribution in [0.25, 0.3) is 0 Å². The Kier molecular flexibility index (Phi) is 4.50. The highest BCUT2D eigenvalue weighted by molar-refractivity contribution is 7.89. The molecule has 0 radical (unpaired) electrons. The molecule has 1 aromatic rings. The topological polar surface area (TPSA) is 104 Å². The highest BCUT2D eigenvalue weighted by atomic mass is 32.2. The Morgan fingerprint density at radius 1 is 1.32 bits per heavy atom.